The van der Waals surface area contributed by atoms with E-state index < -0.39 is 6.10 Å². The summed E-state index contributed by atoms with van der Waals surface area (Å²) in [5.41, 5.74) is 0. The minimum atomic E-state index is -0.752. The molecular formula is C16H30O5. The molecule has 0 aliphatic carbocycles. The summed E-state index contributed by atoms with van der Waals surface area (Å²) in [5.74, 6) is -0.668. The zero-order valence-electron chi connectivity index (χ0n) is 13.4. The van der Waals surface area contributed by atoms with Crippen LogP contribution in [0.3, 0.4) is 0 Å². The molecular weight excluding hydrogens is 272 g/mol. The molecule has 5 heteroatoms. The van der Waals surface area contributed by atoms with Crippen LogP contribution in [0, 0.1) is 0 Å². The Hall–Kier alpha value is -1.10. The minimum Gasteiger partial charge on any atom is -0.462 e. The molecule has 0 amide bonds. The fourth-order valence-corrected chi connectivity index (χ4v) is 1.88. The maximum atomic E-state index is 11.5. The van der Waals surface area contributed by atoms with Gasteiger partial charge < -0.3 is 14.6 Å². The van der Waals surface area contributed by atoms with Crippen LogP contribution in [0.4, 0.5) is 0 Å². The highest BCUT2D eigenvalue weighted by molar-refractivity contribution is 5.70. The number of rotatable bonds is 13. The van der Waals surface area contributed by atoms with Crippen molar-refractivity contribution in [1.29, 1.82) is 0 Å². The molecule has 0 heterocycles. The van der Waals surface area contributed by atoms with Crippen LogP contribution in [-0.4, -0.2) is 36.4 Å². The molecule has 0 saturated carbocycles. The molecule has 0 radical (unpaired) electrons. The lowest BCUT2D eigenvalue weighted by Gasteiger charge is -2.15. The number of hydrogen-bond acceptors (Lipinski definition) is 5. The minimum absolute atomic E-state index is 0.0688. The second kappa shape index (κ2) is 13.9. The van der Waals surface area contributed by atoms with E-state index in [9.17, 15) is 9.59 Å². The topological polar surface area (TPSA) is 72.8 Å². The van der Waals surface area contributed by atoms with Gasteiger partial charge in [-0.15, -0.1) is 0 Å². The third-order valence-corrected chi connectivity index (χ3v) is 3.12. The second-order valence-corrected chi connectivity index (χ2v) is 5.25. The summed E-state index contributed by atoms with van der Waals surface area (Å²) in [6.45, 7) is 3.64. The van der Waals surface area contributed by atoms with Crippen molar-refractivity contribution < 1.29 is 24.2 Å². The molecule has 0 spiro atoms. The van der Waals surface area contributed by atoms with E-state index in [0.29, 0.717) is 19.3 Å². The van der Waals surface area contributed by atoms with Crippen LogP contribution in [0.2, 0.25) is 0 Å². The van der Waals surface area contributed by atoms with Gasteiger partial charge in [-0.05, 0) is 12.8 Å². The lowest BCUT2D eigenvalue weighted by atomic mass is 10.1. The van der Waals surface area contributed by atoms with E-state index in [4.69, 9.17) is 14.6 Å². The van der Waals surface area contributed by atoms with Crippen molar-refractivity contribution in [3.63, 3.8) is 0 Å². The summed E-state index contributed by atoms with van der Waals surface area (Å²) in [6, 6.07) is 0. The van der Waals surface area contributed by atoms with E-state index in [0.717, 1.165) is 19.3 Å². The molecule has 0 saturated heterocycles. The highest BCUT2D eigenvalue weighted by Gasteiger charge is 2.15. The van der Waals surface area contributed by atoms with Crippen molar-refractivity contribution in [3.05, 3.63) is 0 Å². The lowest BCUT2D eigenvalue weighted by Crippen LogP contribution is -2.28. The van der Waals surface area contributed by atoms with Crippen LogP contribution < -0.4 is 0 Å². The first-order chi connectivity index (χ1) is 10.1. The zero-order valence-corrected chi connectivity index (χ0v) is 13.4. The summed E-state index contributed by atoms with van der Waals surface area (Å²) in [7, 11) is 0. The number of aliphatic hydroxyl groups is 1. The molecule has 124 valence electrons. The molecule has 0 aromatic carbocycles. The molecule has 0 fully saturated rings. The number of ether oxygens (including phenoxy) is 2. The van der Waals surface area contributed by atoms with Crippen LogP contribution in [0.1, 0.15) is 71.6 Å². The van der Waals surface area contributed by atoms with E-state index >= 15 is 0 Å². The van der Waals surface area contributed by atoms with Crippen molar-refractivity contribution in [2.75, 3.05) is 13.2 Å². The van der Waals surface area contributed by atoms with Crippen LogP contribution in [0.5, 0.6) is 0 Å². The molecule has 0 aliphatic heterocycles. The summed E-state index contributed by atoms with van der Waals surface area (Å²) in [6.07, 6.45) is 7.29. The van der Waals surface area contributed by atoms with Crippen molar-refractivity contribution >= 4 is 11.9 Å². The first-order valence-electron chi connectivity index (χ1n) is 8.09. The molecule has 1 N–H and O–H groups in total. The SMILES string of the molecule is CCCCCCCCC(=O)OC[C@H](CO)OC(=O)CCC. The van der Waals surface area contributed by atoms with Crippen molar-refractivity contribution in [2.24, 2.45) is 0 Å². The van der Waals surface area contributed by atoms with Crippen LogP contribution >= 0.6 is 0 Å². The molecule has 5 nitrogen and oxygen atoms in total. The van der Waals surface area contributed by atoms with Gasteiger partial charge in [0.2, 0.25) is 0 Å². The molecule has 0 unspecified atom stereocenters. The van der Waals surface area contributed by atoms with Gasteiger partial charge in [0.05, 0.1) is 6.61 Å². The van der Waals surface area contributed by atoms with E-state index in [1.54, 1.807) is 0 Å². The largest absolute Gasteiger partial charge is 0.462 e. The highest BCUT2D eigenvalue weighted by atomic mass is 16.6. The fraction of sp³-hybridized carbons (Fsp3) is 0.875. The summed E-state index contributed by atoms with van der Waals surface area (Å²) in [5, 5.41) is 9.08. The summed E-state index contributed by atoms with van der Waals surface area (Å²) >= 11 is 0. The van der Waals surface area contributed by atoms with Gasteiger partial charge in [-0.2, -0.15) is 0 Å². The standard InChI is InChI=1S/C16H30O5/c1-3-5-6-7-8-9-11-15(18)20-13-14(12-17)21-16(19)10-4-2/h14,17H,3-13H2,1-2H3/t14-/m0/s1. The van der Waals surface area contributed by atoms with Crippen molar-refractivity contribution in [1.82, 2.24) is 0 Å². The molecule has 21 heavy (non-hydrogen) atoms. The van der Waals surface area contributed by atoms with E-state index in [1.807, 2.05) is 6.92 Å². The summed E-state index contributed by atoms with van der Waals surface area (Å²) < 4.78 is 10.0. The fourth-order valence-electron chi connectivity index (χ4n) is 1.88. The van der Waals surface area contributed by atoms with Crippen LogP contribution in [0.25, 0.3) is 0 Å². The lowest BCUT2D eigenvalue weighted by molar-refractivity contribution is -0.161. The van der Waals surface area contributed by atoms with Gasteiger partial charge in [-0.3, -0.25) is 9.59 Å². The van der Waals surface area contributed by atoms with Gasteiger partial charge in [-0.25, -0.2) is 0 Å². The highest BCUT2D eigenvalue weighted by Crippen LogP contribution is 2.08. The van der Waals surface area contributed by atoms with Crippen LogP contribution in [-0.2, 0) is 19.1 Å². The predicted molar refractivity (Wildman–Crippen MR) is 80.8 cm³/mol. The van der Waals surface area contributed by atoms with Crippen LogP contribution in [0.15, 0.2) is 0 Å². The van der Waals surface area contributed by atoms with Crippen molar-refractivity contribution in [3.8, 4) is 0 Å². The number of carbonyl (C=O) groups excluding carboxylic acids is 2. The normalized spacial score (nSPS) is 12.0. The second-order valence-electron chi connectivity index (χ2n) is 5.25. The Morgan fingerprint density at radius 1 is 0.905 bits per heavy atom. The number of hydrogen-bond donors (Lipinski definition) is 1. The Kier molecular flexibility index (Phi) is 13.1. The van der Waals surface area contributed by atoms with Gasteiger partial charge >= 0.3 is 11.9 Å². The molecule has 0 aromatic rings. The summed E-state index contributed by atoms with van der Waals surface area (Å²) in [4.78, 5) is 22.8. The third-order valence-electron chi connectivity index (χ3n) is 3.12. The van der Waals surface area contributed by atoms with Gasteiger partial charge in [-0.1, -0.05) is 46.0 Å². The number of esters is 2. The first-order valence-corrected chi connectivity index (χ1v) is 8.09. The molecule has 0 aromatic heterocycles. The molecule has 0 bridgehead atoms. The van der Waals surface area contributed by atoms with E-state index in [2.05, 4.69) is 6.92 Å². The number of unbranched alkanes of at least 4 members (excludes halogenated alkanes) is 5. The van der Waals surface area contributed by atoms with Gasteiger partial charge in [0.1, 0.15) is 6.61 Å². The Bertz CT molecular complexity index is 278. The monoisotopic (exact) mass is 302 g/mol. The van der Waals surface area contributed by atoms with Gasteiger partial charge in [0.25, 0.3) is 0 Å². The number of carbonyl (C=O) groups is 2. The van der Waals surface area contributed by atoms with Gasteiger partial charge in [0.15, 0.2) is 6.10 Å². The average molecular weight is 302 g/mol. The average Bonchev–Trinajstić information content (AvgIpc) is 2.47. The van der Waals surface area contributed by atoms with E-state index in [-0.39, 0.29) is 25.2 Å². The molecule has 0 aliphatic rings. The Balaban J connectivity index is 3.66. The van der Waals surface area contributed by atoms with Gasteiger partial charge in [0, 0.05) is 12.8 Å². The predicted octanol–water partition coefficient (Wildman–Crippen LogP) is 2.98. The maximum Gasteiger partial charge on any atom is 0.306 e. The number of aliphatic hydroxyl groups excluding tert-OH is 1. The Morgan fingerprint density at radius 2 is 1.57 bits per heavy atom. The quantitative estimate of drug-likeness (QED) is 0.418. The third kappa shape index (κ3) is 12.4. The maximum absolute atomic E-state index is 11.5. The molecule has 1 atom stereocenters. The Morgan fingerprint density at radius 3 is 2.19 bits per heavy atom. The Labute approximate surface area is 128 Å². The zero-order chi connectivity index (χ0) is 15.9. The van der Waals surface area contributed by atoms with E-state index in [1.165, 1.54) is 19.3 Å². The molecule has 0 rings (SSSR count). The first kappa shape index (κ1) is 19.9. The smallest absolute Gasteiger partial charge is 0.306 e. The van der Waals surface area contributed by atoms with Crippen molar-refractivity contribution in [2.45, 2.75) is 77.7 Å².